The lowest BCUT2D eigenvalue weighted by atomic mass is 9.65. The first-order valence-electron chi connectivity index (χ1n) is 9.49. The number of amides is 2. The van der Waals surface area contributed by atoms with Crippen LogP contribution < -0.4 is 5.73 Å². The number of rotatable bonds is 2. The quantitative estimate of drug-likeness (QED) is 0.878. The monoisotopic (exact) mass is 361 g/mol. The first kappa shape index (κ1) is 17.0. The van der Waals surface area contributed by atoms with Gasteiger partial charge in [-0.2, -0.15) is 11.3 Å². The van der Waals surface area contributed by atoms with Crippen molar-refractivity contribution in [3.63, 3.8) is 0 Å². The van der Waals surface area contributed by atoms with Gasteiger partial charge in [0.15, 0.2) is 0 Å². The molecule has 0 radical (unpaired) electrons. The number of hydrogen-bond acceptors (Lipinski definition) is 4. The van der Waals surface area contributed by atoms with Gasteiger partial charge >= 0.3 is 0 Å². The number of nitrogens with two attached hydrogens (primary N) is 1. The first-order chi connectivity index (χ1) is 12.1. The molecule has 3 aliphatic rings. The average Bonchev–Trinajstić information content (AvgIpc) is 3.15. The van der Waals surface area contributed by atoms with Gasteiger partial charge in [0.25, 0.3) is 5.91 Å². The first-order valence-corrected chi connectivity index (χ1v) is 10.4. The minimum atomic E-state index is 0.0894. The normalized spacial score (nSPS) is 32.5. The zero-order valence-corrected chi connectivity index (χ0v) is 15.4. The van der Waals surface area contributed by atoms with Crippen LogP contribution in [0.4, 0.5) is 0 Å². The molecule has 1 aromatic heterocycles. The van der Waals surface area contributed by atoms with Gasteiger partial charge in [-0.1, -0.05) is 6.42 Å². The van der Waals surface area contributed by atoms with Gasteiger partial charge in [-0.15, -0.1) is 0 Å². The van der Waals surface area contributed by atoms with E-state index in [1.807, 2.05) is 26.6 Å². The maximum atomic E-state index is 13.0. The van der Waals surface area contributed by atoms with Gasteiger partial charge < -0.3 is 15.5 Å². The van der Waals surface area contributed by atoms with E-state index in [1.165, 1.54) is 19.3 Å². The molecule has 2 saturated carbocycles. The summed E-state index contributed by atoms with van der Waals surface area (Å²) in [7, 11) is 0. The number of hydrogen-bond donors (Lipinski definition) is 1. The fourth-order valence-electron chi connectivity index (χ4n) is 4.95. The Kier molecular flexibility index (Phi) is 4.82. The SMILES string of the molecule is NC1C2CCCC1CC(C(=O)N1CCN(C(=O)c3ccsc3)CC1)C2. The smallest absolute Gasteiger partial charge is 0.254 e. The highest BCUT2D eigenvalue weighted by atomic mass is 32.1. The summed E-state index contributed by atoms with van der Waals surface area (Å²) in [6.45, 7) is 2.60. The van der Waals surface area contributed by atoms with E-state index < -0.39 is 0 Å². The molecule has 2 bridgehead atoms. The summed E-state index contributed by atoms with van der Waals surface area (Å²) in [6, 6.07) is 2.17. The van der Waals surface area contributed by atoms with Crippen molar-refractivity contribution in [2.24, 2.45) is 23.5 Å². The Bertz CT molecular complexity index is 611. The van der Waals surface area contributed by atoms with E-state index in [0.717, 1.165) is 18.4 Å². The van der Waals surface area contributed by atoms with E-state index in [-0.39, 0.29) is 11.8 Å². The fourth-order valence-corrected chi connectivity index (χ4v) is 5.58. The minimum absolute atomic E-state index is 0.0894. The van der Waals surface area contributed by atoms with Crippen LogP contribution in [0.1, 0.15) is 42.5 Å². The van der Waals surface area contributed by atoms with Gasteiger partial charge in [0.05, 0.1) is 5.56 Å². The number of nitrogens with zero attached hydrogens (tertiary/aromatic N) is 2. The highest BCUT2D eigenvalue weighted by Crippen LogP contribution is 2.42. The molecular weight excluding hydrogens is 334 g/mol. The molecule has 2 N–H and O–H groups in total. The minimum Gasteiger partial charge on any atom is -0.339 e. The second-order valence-electron chi connectivity index (χ2n) is 7.83. The maximum absolute atomic E-state index is 13.0. The summed E-state index contributed by atoms with van der Waals surface area (Å²) in [6.07, 6.45) is 5.57. The van der Waals surface area contributed by atoms with Crippen molar-refractivity contribution in [2.45, 2.75) is 38.1 Å². The van der Waals surface area contributed by atoms with Crippen molar-refractivity contribution in [1.29, 1.82) is 0 Å². The highest BCUT2D eigenvalue weighted by molar-refractivity contribution is 7.08. The maximum Gasteiger partial charge on any atom is 0.254 e. The van der Waals surface area contributed by atoms with Crippen LogP contribution in [0.25, 0.3) is 0 Å². The van der Waals surface area contributed by atoms with Gasteiger partial charge in [-0.05, 0) is 49.0 Å². The summed E-state index contributed by atoms with van der Waals surface area (Å²) in [5.41, 5.74) is 7.12. The third-order valence-electron chi connectivity index (χ3n) is 6.41. The molecule has 1 aromatic rings. The molecule has 136 valence electrons. The number of piperazine rings is 1. The lowest BCUT2D eigenvalue weighted by molar-refractivity contribution is -0.140. The topological polar surface area (TPSA) is 66.6 Å². The molecule has 2 aliphatic carbocycles. The van der Waals surface area contributed by atoms with Crippen molar-refractivity contribution in [2.75, 3.05) is 26.2 Å². The molecule has 1 saturated heterocycles. The Morgan fingerprint density at radius 3 is 2.28 bits per heavy atom. The molecular formula is C19H27N3O2S. The molecule has 2 heterocycles. The molecule has 0 aromatic carbocycles. The van der Waals surface area contributed by atoms with E-state index in [4.69, 9.17) is 5.73 Å². The molecule has 5 nitrogen and oxygen atoms in total. The second kappa shape index (κ2) is 7.08. The highest BCUT2D eigenvalue weighted by Gasteiger charge is 2.42. The van der Waals surface area contributed by atoms with E-state index in [1.54, 1.807) is 11.3 Å². The van der Waals surface area contributed by atoms with Crippen LogP contribution in [0.3, 0.4) is 0 Å². The van der Waals surface area contributed by atoms with Crippen LogP contribution in [0.2, 0.25) is 0 Å². The van der Waals surface area contributed by atoms with Crippen LogP contribution in [0.5, 0.6) is 0 Å². The van der Waals surface area contributed by atoms with E-state index in [9.17, 15) is 9.59 Å². The molecule has 6 heteroatoms. The van der Waals surface area contributed by atoms with Crippen LogP contribution in [-0.2, 0) is 4.79 Å². The zero-order chi connectivity index (χ0) is 17.4. The summed E-state index contributed by atoms with van der Waals surface area (Å²) in [5, 5.41) is 3.82. The second-order valence-corrected chi connectivity index (χ2v) is 8.61. The Labute approximate surface area is 153 Å². The molecule has 25 heavy (non-hydrogen) atoms. The van der Waals surface area contributed by atoms with Crippen LogP contribution in [0.15, 0.2) is 16.8 Å². The number of carbonyl (C=O) groups excluding carboxylic acids is 2. The van der Waals surface area contributed by atoms with Crippen molar-refractivity contribution in [3.05, 3.63) is 22.4 Å². The van der Waals surface area contributed by atoms with E-state index in [0.29, 0.717) is 50.0 Å². The standard InChI is InChI=1S/C19H27N3O2S/c20-17-13-2-1-3-14(17)11-16(10-13)19(24)22-7-5-21(6-8-22)18(23)15-4-9-25-12-15/h4,9,12-14,16-17H,1-3,5-8,10-11,20H2. The fraction of sp³-hybridized carbons (Fsp3) is 0.684. The molecule has 0 spiro atoms. The summed E-state index contributed by atoms with van der Waals surface area (Å²) in [5.74, 6) is 1.60. The third kappa shape index (κ3) is 3.34. The molecule has 2 amide bonds. The largest absolute Gasteiger partial charge is 0.339 e. The Hall–Kier alpha value is -1.40. The van der Waals surface area contributed by atoms with Gasteiger partial charge in [0.1, 0.15) is 0 Å². The molecule has 2 atom stereocenters. The summed E-state index contributed by atoms with van der Waals surface area (Å²) in [4.78, 5) is 29.3. The van der Waals surface area contributed by atoms with Gasteiger partial charge in [-0.25, -0.2) is 0 Å². The van der Waals surface area contributed by atoms with Crippen molar-refractivity contribution in [1.82, 2.24) is 9.80 Å². The Morgan fingerprint density at radius 2 is 1.68 bits per heavy atom. The third-order valence-corrected chi connectivity index (χ3v) is 7.09. The van der Waals surface area contributed by atoms with E-state index >= 15 is 0 Å². The van der Waals surface area contributed by atoms with E-state index in [2.05, 4.69) is 0 Å². The lowest BCUT2D eigenvalue weighted by Gasteiger charge is -2.45. The molecule has 2 unspecified atom stereocenters. The number of fused-ring (bicyclic) bond motifs is 2. The average molecular weight is 362 g/mol. The zero-order valence-electron chi connectivity index (χ0n) is 14.6. The van der Waals surface area contributed by atoms with Gasteiger partial charge in [-0.3, -0.25) is 9.59 Å². The molecule has 1 aliphatic heterocycles. The number of carbonyl (C=O) groups is 2. The van der Waals surface area contributed by atoms with Gasteiger partial charge in [0, 0.05) is 43.5 Å². The predicted octanol–water partition coefficient (Wildman–Crippen LogP) is 2.19. The summed E-state index contributed by atoms with van der Waals surface area (Å²) < 4.78 is 0. The van der Waals surface area contributed by atoms with Crippen molar-refractivity contribution in [3.8, 4) is 0 Å². The molecule has 4 rings (SSSR count). The Morgan fingerprint density at radius 1 is 1.04 bits per heavy atom. The Balaban J connectivity index is 1.33. The van der Waals surface area contributed by atoms with Crippen molar-refractivity contribution < 1.29 is 9.59 Å². The summed E-state index contributed by atoms with van der Waals surface area (Å²) >= 11 is 1.54. The predicted molar refractivity (Wildman–Crippen MR) is 98.3 cm³/mol. The van der Waals surface area contributed by atoms with Gasteiger partial charge in [0.2, 0.25) is 5.91 Å². The molecule has 3 fully saturated rings. The lowest BCUT2D eigenvalue weighted by Crippen LogP contribution is -2.54. The van der Waals surface area contributed by atoms with Crippen LogP contribution >= 0.6 is 11.3 Å². The number of thiophene rings is 1. The van der Waals surface area contributed by atoms with Crippen LogP contribution in [0, 0.1) is 17.8 Å². The van der Waals surface area contributed by atoms with Crippen molar-refractivity contribution >= 4 is 23.2 Å². The van der Waals surface area contributed by atoms with Crippen LogP contribution in [-0.4, -0.2) is 53.8 Å².